The fourth-order valence-electron chi connectivity index (χ4n) is 3.62. The van der Waals surface area contributed by atoms with Crippen LogP contribution in [0.2, 0.25) is 0 Å². The maximum atomic E-state index is 12.4. The van der Waals surface area contributed by atoms with Gasteiger partial charge < -0.3 is 10.6 Å². The van der Waals surface area contributed by atoms with E-state index in [1.165, 1.54) is 37.7 Å². The third-order valence-electron chi connectivity index (χ3n) is 4.79. The van der Waals surface area contributed by atoms with Gasteiger partial charge in [0.1, 0.15) is 0 Å². The van der Waals surface area contributed by atoms with Crippen molar-refractivity contribution in [3.8, 4) is 0 Å². The largest absolute Gasteiger partial charge is 0.399 e. The van der Waals surface area contributed by atoms with Crippen molar-refractivity contribution in [1.82, 2.24) is 0 Å². The number of carbonyl (C=O) groups is 1. The summed E-state index contributed by atoms with van der Waals surface area (Å²) in [7, 11) is 0. The van der Waals surface area contributed by atoms with Gasteiger partial charge in [0.25, 0.3) is 0 Å². The van der Waals surface area contributed by atoms with E-state index in [2.05, 4.69) is 0 Å². The van der Waals surface area contributed by atoms with Gasteiger partial charge in [-0.3, -0.25) is 4.79 Å². The van der Waals surface area contributed by atoms with Crippen molar-refractivity contribution in [2.45, 2.75) is 51.4 Å². The number of carbonyl (C=O) groups excluding carboxylic acids is 1. The minimum absolute atomic E-state index is 0.291. The highest BCUT2D eigenvalue weighted by Crippen LogP contribution is 2.32. The molecule has 0 bridgehead atoms. The summed E-state index contributed by atoms with van der Waals surface area (Å²) < 4.78 is 0. The lowest BCUT2D eigenvalue weighted by Crippen LogP contribution is -2.29. The van der Waals surface area contributed by atoms with E-state index >= 15 is 0 Å². The van der Waals surface area contributed by atoms with Gasteiger partial charge >= 0.3 is 0 Å². The van der Waals surface area contributed by atoms with Gasteiger partial charge in [0.15, 0.2) is 0 Å². The number of nitrogen functional groups attached to an aromatic ring is 1. The maximum absolute atomic E-state index is 12.4. The molecular formula is C17H24N2O. The molecule has 0 atom stereocenters. The fraction of sp³-hybridized carbons (Fsp3) is 0.588. The van der Waals surface area contributed by atoms with E-state index in [1.807, 2.05) is 23.1 Å². The smallest absolute Gasteiger partial charge is 0.227 e. The lowest BCUT2D eigenvalue weighted by molar-refractivity contribution is -0.118. The molecule has 2 N–H and O–H groups in total. The first-order chi connectivity index (χ1) is 9.74. The minimum atomic E-state index is 0.291. The summed E-state index contributed by atoms with van der Waals surface area (Å²) in [6.45, 7) is 0.822. The monoisotopic (exact) mass is 272 g/mol. The van der Waals surface area contributed by atoms with Crippen LogP contribution < -0.4 is 10.6 Å². The summed E-state index contributed by atoms with van der Waals surface area (Å²) in [5, 5.41) is 0. The Morgan fingerprint density at radius 3 is 2.85 bits per heavy atom. The average molecular weight is 272 g/mol. The molecule has 0 aromatic heterocycles. The number of amides is 1. The normalized spacial score (nSPS) is 19.1. The van der Waals surface area contributed by atoms with Gasteiger partial charge in [-0.1, -0.05) is 32.1 Å². The fourth-order valence-corrected chi connectivity index (χ4v) is 3.62. The van der Waals surface area contributed by atoms with Crippen LogP contribution in [0.4, 0.5) is 11.4 Å². The van der Waals surface area contributed by atoms with Crippen LogP contribution in [0.15, 0.2) is 18.2 Å². The maximum Gasteiger partial charge on any atom is 0.227 e. The average Bonchev–Trinajstić information content (AvgIpc) is 2.89. The van der Waals surface area contributed by atoms with Gasteiger partial charge in [-0.2, -0.15) is 0 Å². The second-order valence-corrected chi connectivity index (χ2v) is 6.23. The van der Waals surface area contributed by atoms with Crippen LogP contribution in [0.1, 0.15) is 50.5 Å². The van der Waals surface area contributed by atoms with Gasteiger partial charge in [-0.25, -0.2) is 0 Å². The molecule has 2 aliphatic rings. The van der Waals surface area contributed by atoms with E-state index in [4.69, 9.17) is 5.73 Å². The minimum Gasteiger partial charge on any atom is -0.399 e. The number of anilines is 2. The molecular weight excluding hydrogens is 248 g/mol. The zero-order chi connectivity index (χ0) is 13.9. The zero-order valence-electron chi connectivity index (χ0n) is 12.1. The Bertz CT molecular complexity index is 492. The molecule has 0 unspecified atom stereocenters. The zero-order valence-corrected chi connectivity index (χ0v) is 12.1. The Kier molecular flexibility index (Phi) is 3.95. The molecule has 3 heteroatoms. The number of rotatable bonds is 3. The summed E-state index contributed by atoms with van der Waals surface area (Å²) in [5.74, 6) is 1.07. The van der Waals surface area contributed by atoms with E-state index in [9.17, 15) is 4.79 Å². The summed E-state index contributed by atoms with van der Waals surface area (Å²) in [4.78, 5) is 14.4. The SMILES string of the molecule is Nc1ccc2c(c1)CCN2C(=O)CCC1CCCCC1. The van der Waals surface area contributed by atoms with E-state index in [0.29, 0.717) is 12.3 Å². The van der Waals surface area contributed by atoms with Gasteiger partial charge in [0, 0.05) is 24.3 Å². The number of nitrogens with zero attached hydrogens (tertiary/aromatic N) is 1. The van der Waals surface area contributed by atoms with Crippen molar-refractivity contribution >= 4 is 17.3 Å². The van der Waals surface area contributed by atoms with Crippen LogP contribution in [-0.2, 0) is 11.2 Å². The molecule has 0 spiro atoms. The van der Waals surface area contributed by atoms with Crippen LogP contribution in [0.5, 0.6) is 0 Å². The van der Waals surface area contributed by atoms with Crippen LogP contribution >= 0.6 is 0 Å². The Hall–Kier alpha value is -1.51. The van der Waals surface area contributed by atoms with Gasteiger partial charge in [-0.05, 0) is 42.5 Å². The third-order valence-corrected chi connectivity index (χ3v) is 4.79. The number of fused-ring (bicyclic) bond motifs is 1. The van der Waals surface area contributed by atoms with E-state index < -0.39 is 0 Å². The molecule has 3 rings (SSSR count). The number of benzene rings is 1. The molecule has 1 heterocycles. The van der Waals surface area contributed by atoms with Crippen molar-refractivity contribution < 1.29 is 4.79 Å². The van der Waals surface area contributed by atoms with Crippen molar-refractivity contribution in [1.29, 1.82) is 0 Å². The molecule has 0 saturated heterocycles. The Morgan fingerprint density at radius 2 is 2.05 bits per heavy atom. The van der Waals surface area contributed by atoms with Crippen molar-refractivity contribution in [3.63, 3.8) is 0 Å². The molecule has 1 aromatic rings. The second kappa shape index (κ2) is 5.86. The molecule has 3 nitrogen and oxygen atoms in total. The predicted molar refractivity (Wildman–Crippen MR) is 82.7 cm³/mol. The van der Waals surface area contributed by atoms with Crippen LogP contribution in [0, 0.1) is 5.92 Å². The highest BCUT2D eigenvalue weighted by Gasteiger charge is 2.25. The molecule has 1 fully saturated rings. The van der Waals surface area contributed by atoms with Gasteiger partial charge in [0.2, 0.25) is 5.91 Å². The lowest BCUT2D eigenvalue weighted by atomic mass is 9.86. The first-order valence-corrected chi connectivity index (χ1v) is 7.93. The molecule has 20 heavy (non-hydrogen) atoms. The number of hydrogen-bond donors (Lipinski definition) is 1. The first-order valence-electron chi connectivity index (χ1n) is 7.93. The summed E-state index contributed by atoms with van der Waals surface area (Å²) in [6.07, 6.45) is 9.44. The Labute approximate surface area is 121 Å². The second-order valence-electron chi connectivity index (χ2n) is 6.23. The summed E-state index contributed by atoms with van der Waals surface area (Å²) in [5.41, 5.74) is 8.89. The number of hydrogen-bond acceptors (Lipinski definition) is 2. The molecule has 1 amide bonds. The van der Waals surface area contributed by atoms with E-state index in [0.717, 1.165) is 36.7 Å². The van der Waals surface area contributed by atoms with Crippen molar-refractivity contribution in [2.24, 2.45) is 5.92 Å². The van der Waals surface area contributed by atoms with Gasteiger partial charge in [0.05, 0.1) is 0 Å². The van der Waals surface area contributed by atoms with Crippen LogP contribution in [0.25, 0.3) is 0 Å². The van der Waals surface area contributed by atoms with Crippen molar-refractivity contribution in [2.75, 3.05) is 17.2 Å². The molecule has 1 aromatic carbocycles. The van der Waals surface area contributed by atoms with E-state index in [1.54, 1.807) is 0 Å². The van der Waals surface area contributed by atoms with Crippen LogP contribution in [-0.4, -0.2) is 12.5 Å². The first kappa shape index (κ1) is 13.5. The number of nitrogens with two attached hydrogens (primary N) is 1. The van der Waals surface area contributed by atoms with E-state index in [-0.39, 0.29) is 0 Å². The van der Waals surface area contributed by atoms with Crippen LogP contribution in [0.3, 0.4) is 0 Å². The Morgan fingerprint density at radius 1 is 1.25 bits per heavy atom. The topological polar surface area (TPSA) is 46.3 Å². The molecule has 1 saturated carbocycles. The van der Waals surface area contributed by atoms with Crippen molar-refractivity contribution in [3.05, 3.63) is 23.8 Å². The van der Waals surface area contributed by atoms with Gasteiger partial charge in [-0.15, -0.1) is 0 Å². The standard InChI is InChI=1S/C17H24N2O/c18-15-7-8-16-14(12-15)10-11-19(16)17(20)9-6-13-4-2-1-3-5-13/h7-8,12-13H,1-6,9-11,18H2. The summed E-state index contributed by atoms with van der Waals surface area (Å²) >= 11 is 0. The highest BCUT2D eigenvalue weighted by molar-refractivity contribution is 5.95. The highest BCUT2D eigenvalue weighted by atomic mass is 16.2. The quantitative estimate of drug-likeness (QED) is 0.856. The molecule has 108 valence electrons. The summed E-state index contributed by atoms with van der Waals surface area (Å²) in [6, 6.07) is 5.89. The molecule has 1 aliphatic heterocycles. The Balaban J connectivity index is 1.59. The lowest BCUT2D eigenvalue weighted by Gasteiger charge is -2.23. The molecule has 1 aliphatic carbocycles. The third kappa shape index (κ3) is 2.82. The molecule has 0 radical (unpaired) electrons. The predicted octanol–water partition coefficient (Wildman–Crippen LogP) is 3.52.